The zero-order valence-electron chi connectivity index (χ0n) is 9.61. The van der Waals surface area contributed by atoms with Crippen molar-refractivity contribution in [3.05, 3.63) is 30.2 Å². The second-order valence-corrected chi connectivity index (χ2v) is 4.31. The minimum absolute atomic E-state index is 0.0523. The fourth-order valence-electron chi connectivity index (χ4n) is 1.97. The molecule has 0 amide bonds. The summed E-state index contributed by atoms with van der Waals surface area (Å²) in [5.41, 5.74) is 6.60. The molecule has 3 N–H and O–H groups in total. The standard InChI is InChI=1S/C12H13N3O3/c13-10-6-17-5-9(10)12-14-11(15-18-12)7-2-1-3-8(16)4-7/h1-4,9-10,16H,5-6,13H2. The largest absolute Gasteiger partial charge is 0.508 e. The van der Waals surface area contributed by atoms with E-state index < -0.39 is 0 Å². The van der Waals surface area contributed by atoms with E-state index in [1.54, 1.807) is 24.3 Å². The molecule has 94 valence electrons. The second-order valence-electron chi connectivity index (χ2n) is 4.31. The van der Waals surface area contributed by atoms with Crippen molar-refractivity contribution in [2.75, 3.05) is 13.2 Å². The summed E-state index contributed by atoms with van der Waals surface area (Å²) in [5, 5.41) is 13.3. The maximum atomic E-state index is 9.41. The molecule has 1 aliphatic heterocycles. The zero-order valence-corrected chi connectivity index (χ0v) is 9.61. The lowest BCUT2D eigenvalue weighted by molar-refractivity contribution is 0.187. The average molecular weight is 247 g/mol. The molecule has 1 aliphatic rings. The topological polar surface area (TPSA) is 94.4 Å². The quantitative estimate of drug-likeness (QED) is 0.818. The highest BCUT2D eigenvalue weighted by molar-refractivity contribution is 5.56. The highest BCUT2D eigenvalue weighted by Gasteiger charge is 2.31. The Morgan fingerprint density at radius 2 is 2.22 bits per heavy atom. The molecule has 0 aliphatic carbocycles. The van der Waals surface area contributed by atoms with Gasteiger partial charge in [-0.05, 0) is 12.1 Å². The predicted octanol–water partition coefficient (Wildman–Crippen LogP) is 0.883. The highest BCUT2D eigenvalue weighted by atomic mass is 16.5. The molecule has 0 spiro atoms. The van der Waals surface area contributed by atoms with Crippen LogP contribution < -0.4 is 5.73 Å². The van der Waals surface area contributed by atoms with Crippen molar-refractivity contribution in [1.29, 1.82) is 0 Å². The van der Waals surface area contributed by atoms with Crippen LogP contribution in [0, 0.1) is 0 Å². The number of phenols is 1. The summed E-state index contributed by atoms with van der Waals surface area (Å²) in [6.45, 7) is 1.01. The summed E-state index contributed by atoms with van der Waals surface area (Å²) < 4.78 is 10.5. The van der Waals surface area contributed by atoms with Crippen LogP contribution in [0.25, 0.3) is 11.4 Å². The minimum atomic E-state index is -0.109. The van der Waals surface area contributed by atoms with Crippen LogP contribution in [-0.2, 0) is 4.74 Å². The van der Waals surface area contributed by atoms with Gasteiger partial charge in [0.05, 0.1) is 19.1 Å². The van der Waals surface area contributed by atoms with E-state index in [2.05, 4.69) is 10.1 Å². The summed E-state index contributed by atoms with van der Waals surface area (Å²) in [6, 6.07) is 6.60. The van der Waals surface area contributed by atoms with Crippen LogP contribution in [0.15, 0.2) is 28.8 Å². The fourth-order valence-corrected chi connectivity index (χ4v) is 1.97. The summed E-state index contributed by atoms with van der Waals surface area (Å²) in [6.07, 6.45) is 0. The third kappa shape index (κ3) is 1.96. The van der Waals surface area contributed by atoms with Gasteiger partial charge in [0.25, 0.3) is 0 Å². The number of aromatic nitrogens is 2. The Morgan fingerprint density at radius 1 is 1.33 bits per heavy atom. The van der Waals surface area contributed by atoms with E-state index in [9.17, 15) is 5.11 Å². The molecular weight excluding hydrogens is 234 g/mol. The second kappa shape index (κ2) is 4.40. The number of benzene rings is 1. The Bertz CT molecular complexity index is 555. The Hall–Kier alpha value is -1.92. The van der Waals surface area contributed by atoms with Crippen molar-refractivity contribution in [3.8, 4) is 17.1 Å². The molecule has 0 bridgehead atoms. The van der Waals surface area contributed by atoms with Crippen molar-refractivity contribution in [2.24, 2.45) is 5.73 Å². The third-order valence-electron chi connectivity index (χ3n) is 2.99. The van der Waals surface area contributed by atoms with Gasteiger partial charge in [-0.3, -0.25) is 0 Å². The SMILES string of the molecule is NC1COCC1c1nc(-c2cccc(O)c2)no1. The molecule has 3 rings (SSSR count). The van der Waals surface area contributed by atoms with Crippen LogP contribution in [0.2, 0.25) is 0 Å². The molecule has 18 heavy (non-hydrogen) atoms. The molecule has 1 fully saturated rings. The molecule has 0 radical (unpaired) electrons. The van der Waals surface area contributed by atoms with E-state index in [4.69, 9.17) is 15.0 Å². The summed E-state index contributed by atoms with van der Waals surface area (Å²) in [5.74, 6) is 1.04. The van der Waals surface area contributed by atoms with Crippen LogP contribution in [0.5, 0.6) is 5.75 Å². The molecule has 6 heteroatoms. The van der Waals surface area contributed by atoms with Gasteiger partial charge in [-0.2, -0.15) is 4.98 Å². The molecule has 1 aromatic carbocycles. The number of aromatic hydroxyl groups is 1. The van der Waals surface area contributed by atoms with Gasteiger partial charge in [0.15, 0.2) is 0 Å². The average Bonchev–Trinajstić information content (AvgIpc) is 2.97. The fraction of sp³-hybridized carbons (Fsp3) is 0.333. The van der Waals surface area contributed by atoms with Crippen LogP contribution in [0.4, 0.5) is 0 Å². The third-order valence-corrected chi connectivity index (χ3v) is 2.99. The molecule has 2 heterocycles. The predicted molar refractivity (Wildman–Crippen MR) is 62.9 cm³/mol. The van der Waals surface area contributed by atoms with E-state index in [1.807, 2.05) is 0 Å². The molecule has 6 nitrogen and oxygen atoms in total. The summed E-state index contributed by atoms with van der Waals surface area (Å²) in [4.78, 5) is 4.31. The molecule has 2 atom stereocenters. The van der Waals surface area contributed by atoms with Gasteiger partial charge in [-0.15, -0.1) is 0 Å². The van der Waals surface area contributed by atoms with Crippen molar-refractivity contribution in [1.82, 2.24) is 10.1 Å². The smallest absolute Gasteiger partial charge is 0.234 e. The monoisotopic (exact) mass is 247 g/mol. The van der Waals surface area contributed by atoms with E-state index in [0.717, 1.165) is 0 Å². The van der Waals surface area contributed by atoms with Crippen LogP contribution >= 0.6 is 0 Å². The summed E-state index contributed by atoms with van der Waals surface area (Å²) >= 11 is 0. The Morgan fingerprint density at radius 3 is 2.94 bits per heavy atom. The van der Waals surface area contributed by atoms with E-state index >= 15 is 0 Å². The maximum Gasteiger partial charge on any atom is 0.234 e. The zero-order chi connectivity index (χ0) is 12.5. The number of hydrogen-bond donors (Lipinski definition) is 2. The molecular formula is C12H13N3O3. The Labute approximate surface area is 103 Å². The molecule has 0 saturated carbocycles. The minimum Gasteiger partial charge on any atom is -0.508 e. The number of nitrogens with zero attached hydrogens (tertiary/aromatic N) is 2. The van der Waals surface area contributed by atoms with Gasteiger partial charge < -0.3 is 20.1 Å². The van der Waals surface area contributed by atoms with Gasteiger partial charge in [0.1, 0.15) is 5.75 Å². The molecule has 2 unspecified atom stereocenters. The van der Waals surface area contributed by atoms with Gasteiger partial charge in [-0.1, -0.05) is 17.3 Å². The number of phenolic OH excluding ortho intramolecular Hbond substituents is 1. The first kappa shape index (κ1) is 11.2. The van der Waals surface area contributed by atoms with Gasteiger partial charge >= 0.3 is 0 Å². The van der Waals surface area contributed by atoms with E-state index in [0.29, 0.717) is 30.5 Å². The first-order chi connectivity index (χ1) is 8.74. The first-order valence-corrected chi connectivity index (χ1v) is 5.70. The van der Waals surface area contributed by atoms with Crippen LogP contribution in [-0.4, -0.2) is 34.5 Å². The van der Waals surface area contributed by atoms with Crippen molar-refractivity contribution in [2.45, 2.75) is 12.0 Å². The number of ether oxygens (including phenoxy) is 1. The Kier molecular flexibility index (Phi) is 2.73. The van der Waals surface area contributed by atoms with Crippen molar-refractivity contribution < 1.29 is 14.4 Å². The van der Waals surface area contributed by atoms with E-state index in [1.165, 1.54) is 0 Å². The summed E-state index contributed by atoms with van der Waals surface area (Å²) in [7, 11) is 0. The van der Waals surface area contributed by atoms with Gasteiger partial charge in [-0.25, -0.2) is 0 Å². The van der Waals surface area contributed by atoms with Crippen molar-refractivity contribution >= 4 is 0 Å². The van der Waals surface area contributed by atoms with E-state index in [-0.39, 0.29) is 17.7 Å². The first-order valence-electron chi connectivity index (χ1n) is 5.70. The molecule has 2 aromatic rings. The molecule has 1 aromatic heterocycles. The number of hydrogen-bond acceptors (Lipinski definition) is 6. The maximum absolute atomic E-state index is 9.41. The highest BCUT2D eigenvalue weighted by Crippen LogP contribution is 2.26. The van der Waals surface area contributed by atoms with Crippen LogP contribution in [0.1, 0.15) is 11.8 Å². The number of rotatable bonds is 2. The normalized spacial score (nSPS) is 23.4. The van der Waals surface area contributed by atoms with Gasteiger partial charge in [0.2, 0.25) is 11.7 Å². The van der Waals surface area contributed by atoms with Gasteiger partial charge in [0, 0.05) is 11.6 Å². The van der Waals surface area contributed by atoms with Crippen molar-refractivity contribution in [3.63, 3.8) is 0 Å². The lowest BCUT2D eigenvalue weighted by atomic mass is 10.1. The number of nitrogens with two attached hydrogens (primary N) is 1. The molecule has 1 saturated heterocycles. The Balaban J connectivity index is 1.89. The van der Waals surface area contributed by atoms with Crippen LogP contribution in [0.3, 0.4) is 0 Å². The lowest BCUT2D eigenvalue weighted by Gasteiger charge is -2.06. The lowest BCUT2D eigenvalue weighted by Crippen LogP contribution is -2.26.